The number of hydrogen-bond donors (Lipinski definition) is 0. The molecule has 6 nitrogen and oxygen atoms in total. The summed E-state index contributed by atoms with van der Waals surface area (Å²) in [5, 5.41) is 0. The Labute approximate surface area is 110 Å². The predicted octanol–water partition coefficient (Wildman–Crippen LogP) is 1.27. The van der Waals surface area contributed by atoms with E-state index in [0.29, 0.717) is 18.0 Å². The quantitative estimate of drug-likeness (QED) is 0.602. The molecule has 0 bridgehead atoms. The van der Waals surface area contributed by atoms with Gasteiger partial charge in [-0.25, -0.2) is 9.78 Å². The zero-order valence-corrected chi connectivity index (χ0v) is 11.0. The van der Waals surface area contributed by atoms with E-state index in [9.17, 15) is 9.59 Å². The van der Waals surface area contributed by atoms with Crippen LogP contribution in [0.5, 0.6) is 0 Å². The van der Waals surface area contributed by atoms with Crippen LogP contribution in [-0.2, 0) is 20.9 Å². The number of hydrogen-bond acceptors (Lipinski definition) is 5. The van der Waals surface area contributed by atoms with Crippen molar-refractivity contribution in [2.24, 2.45) is 0 Å². The highest BCUT2D eigenvalue weighted by molar-refractivity contribution is 6.32. The number of oxazole rings is 1. The SMILES string of the molecule is COC(=O)C(=O)N(C)Cc1ccc2oc(C)nc2c1. The van der Waals surface area contributed by atoms with Crippen LogP contribution in [0.15, 0.2) is 22.6 Å². The van der Waals surface area contributed by atoms with Gasteiger partial charge >= 0.3 is 11.9 Å². The summed E-state index contributed by atoms with van der Waals surface area (Å²) in [6, 6.07) is 5.45. The van der Waals surface area contributed by atoms with E-state index in [1.807, 2.05) is 12.1 Å². The molecule has 0 saturated heterocycles. The number of fused-ring (bicyclic) bond motifs is 1. The third kappa shape index (κ3) is 2.73. The Morgan fingerprint density at radius 1 is 1.42 bits per heavy atom. The fourth-order valence-electron chi connectivity index (χ4n) is 1.78. The van der Waals surface area contributed by atoms with Gasteiger partial charge in [0.2, 0.25) is 0 Å². The van der Waals surface area contributed by atoms with Gasteiger partial charge in [0.25, 0.3) is 0 Å². The number of rotatable bonds is 2. The summed E-state index contributed by atoms with van der Waals surface area (Å²) >= 11 is 0. The second-order valence-corrected chi connectivity index (χ2v) is 4.19. The van der Waals surface area contributed by atoms with Crippen LogP contribution < -0.4 is 0 Å². The Morgan fingerprint density at radius 3 is 2.84 bits per heavy atom. The third-order valence-electron chi connectivity index (χ3n) is 2.69. The monoisotopic (exact) mass is 262 g/mol. The van der Waals surface area contributed by atoms with E-state index in [0.717, 1.165) is 11.1 Å². The summed E-state index contributed by atoms with van der Waals surface area (Å²) in [7, 11) is 2.72. The van der Waals surface area contributed by atoms with E-state index in [4.69, 9.17) is 4.42 Å². The zero-order valence-electron chi connectivity index (χ0n) is 11.0. The Balaban J connectivity index is 2.16. The topological polar surface area (TPSA) is 72.6 Å². The molecule has 100 valence electrons. The number of methoxy groups -OCH3 is 1. The minimum atomic E-state index is -0.874. The lowest BCUT2D eigenvalue weighted by molar-refractivity contribution is -0.157. The van der Waals surface area contributed by atoms with Gasteiger partial charge in [0, 0.05) is 20.5 Å². The smallest absolute Gasteiger partial charge is 0.396 e. The fraction of sp³-hybridized carbons (Fsp3) is 0.308. The van der Waals surface area contributed by atoms with E-state index in [2.05, 4.69) is 9.72 Å². The Kier molecular flexibility index (Phi) is 3.50. The molecule has 1 aromatic heterocycles. The van der Waals surface area contributed by atoms with Crippen molar-refractivity contribution in [3.8, 4) is 0 Å². The van der Waals surface area contributed by atoms with Gasteiger partial charge in [-0.2, -0.15) is 0 Å². The Bertz CT molecular complexity index is 633. The van der Waals surface area contributed by atoms with Crippen LogP contribution in [0.25, 0.3) is 11.1 Å². The number of aromatic nitrogens is 1. The van der Waals surface area contributed by atoms with E-state index in [-0.39, 0.29) is 0 Å². The number of amides is 1. The third-order valence-corrected chi connectivity index (χ3v) is 2.69. The molecule has 0 saturated carbocycles. The van der Waals surface area contributed by atoms with Crippen molar-refractivity contribution in [2.45, 2.75) is 13.5 Å². The summed E-state index contributed by atoms with van der Waals surface area (Å²) in [6.45, 7) is 2.07. The summed E-state index contributed by atoms with van der Waals surface area (Å²) in [5.74, 6) is -0.967. The van der Waals surface area contributed by atoms with Crippen molar-refractivity contribution in [1.29, 1.82) is 0 Å². The lowest BCUT2D eigenvalue weighted by Crippen LogP contribution is -2.33. The van der Waals surface area contributed by atoms with Crippen LogP contribution in [0.4, 0.5) is 0 Å². The van der Waals surface area contributed by atoms with Crippen LogP contribution in [0, 0.1) is 6.92 Å². The first-order valence-corrected chi connectivity index (χ1v) is 5.70. The van der Waals surface area contributed by atoms with Crippen molar-refractivity contribution in [1.82, 2.24) is 9.88 Å². The highest BCUT2D eigenvalue weighted by atomic mass is 16.5. The summed E-state index contributed by atoms with van der Waals surface area (Å²) in [5.41, 5.74) is 2.29. The highest BCUT2D eigenvalue weighted by Gasteiger charge is 2.19. The van der Waals surface area contributed by atoms with Gasteiger partial charge in [-0.05, 0) is 17.7 Å². The molecule has 0 unspecified atom stereocenters. The number of carbonyl (C=O) groups excluding carboxylic acids is 2. The van der Waals surface area contributed by atoms with Crippen molar-refractivity contribution in [2.75, 3.05) is 14.2 Å². The van der Waals surface area contributed by atoms with E-state index in [1.165, 1.54) is 19.1 Å². The molecule has 1 amide bonds. The summed E-state index contributed by atoms with van der Waals surface area (Å²) in [4.78, 5) is 28.2. The predicted molar refractivity (Wildman–Crippen MR) is 67.2 cm³/mol. The highest BCUT2D eigenvalue weighted by Crippen LogP contribution is 2.17. The number of ether oxygens (including phenoxy) is 1. The molecule has 19 heavy (non-hydrogen) atoms. The van der Waals surface area contributed by atoms with Gasteiger partial charge in [-0.1, -0.05) is 6.07 Å². The minimum absolute atomic E-state index is 0.301. The van der Waals surface area contributed by atoms with E-state index < -0.39 is 11.9 Å². The minimum Gasteiger partial charge on any atom is -0.462 e. The maximum Gasteiger partial charge on any atom is 0.396 e. The van der Waals surface area contributed by atoms with Crippen molar-refractivity contribution >= 4 is 23.0 Å². The average Bonchev–Trinajstić information content (AvgIpc) is 2.76. The molecule has 0 aliphatic carbocycles. The number of likely N-dealkylation sites (N-methyl/N-ethyl adjacent to an activating group) is 1. The summed E-state index contributed by atoms with van der Waals surface area (Å²) < 4.78 is 9.75. The van der Waals surface area contributed by atoms with Gasteiger partial charge < -0.3 is 14.1 Å². The van der Waals surface area contributed by atoms with Gasteiger partial charge in [0.15, 0.2) is 11.5 Å². The molecule has 0 fully saturated rings. The van der Waals surface area contributed by atoms with Crippen LogP contribution in [-0.4, -0.2) is 35.9 Å². The molecule has 2 rings (SSSR count). The largest absolute Gasteiger partial charge is 0.462 e. The second kappa shape index (κ2) is 5.09. The van der Waals surface area contributed by atoms with Crippen molar-refractivity contribution in [3.05, 3.63) is 29.7 Å². The van der Waals surface area contributed by atoms with Crippen LogP contribution in [0.2, 0.25) is 0 Å². The maximum atomic E-state index is 11.6. The summed E-state index contributed by atoms with van der Waals surface area (Å²) in [6.07, 6.45) is 0. The standard InChI is InChI=1S/C13H14N2O4/c1-8-14-10-6-9(4-5-11(10)19-8)7-15(2)12(16)13(17)18-3/h4-6H,7H2,1-3H3. The number of aryl methyl sites for hydroxylation is 1. The first-order chi connectivity index (χ1) is 9.01. The van der Waals surface area contributed by atoms with Gasteiger partial charge in [0.05, 0.1) is 7.11 Å². The molecule has 6 heteroatoms. The number of nitrogens with zero attached hydrogens (tertiary/aromatic N) is 2. The van der Waals surface area contributed by atoms with Crippen LogP contribution in [0.1, 0.15) is 11.5 Å². The molecule has 1 heterocycles. The number of benzene rings is 1. The molecule has 0 atom stereocenters. The average molecular weight is 262 g/mol. The molecule has 0 radical (unpaired) electrons. The van der Waals surface area contributed by atoms with E-state index >= 15 is 0 Å². The lowest BCUT2D eigenvalue weighted by Gasteiger charge is -2.15. The zero-order chi connectivity index (χ0) is 14.0. The molecule has 0 aliphatic rings. The van der Waals surface area contributed by atoms with Gasteiger partial charge in [-0.15, -0.1) is 0 Å². The molecule has 0 aliphatic heterocycles. The second-order valence-electron chi connectivity index (χ2n) is 4.19. The van der Waals surface area contributed by atoms with E-state index in [1.54, 1.807) is 13.0 Å². The molecule has 1 aromatic carbocycles. The molecule has 2 aromatic rings. The lowest BCUT2D eigenvalue weighted by atomic mass is 10.2. The number of carbonyl (C=O) groups is 2. The molecular weight excluding hydrogens is 248 g/mol. The Hall–Kier alpha value is -2.37. The first-order valence-electron chi connectivity index (χ1n) is 5.70. The maximum absolute atomic E-state index is 11.6. The van der Waals surface area contributed by atoms with Gasteiger partial charge in [-0.3, -0.25) is 4.79 Å². The van der Waals surface area contributed by atoms with Crippen molar-refractivity contribution < 1.29 is 18.7 Å². The number of esters is 1. The van der Waals surface area contributed by atoms with Crippen LogP contribution >= 0.6 is 0 Å². The van der Waals surface area contributed by atoms with Gasteiger partial charge in [0.1, 0.15) is 5.52 Å². The normalized spacial score (nSPS) is 10.5. The Morgan fingerprint density at radius 2 is 2.16 bits per heavy atom. The first kappa shape index (κ1) is 13.1. The van der Waals surface area contributed by atoms with Crippen LogP contribution in [0.3, 0.4) is 0 Å². The molecular formula is C13H14N2O4. The molecule has 0 spiro atoms. The fourth-order valence-corrected chi connectivity index (χ4v) is 1.78. The van der Waals surface area contributed by atoms with Crippen molar-refractivity contribution in [3.63, 3.8) is 0 Å². The molecule has 0 N–H and O–H groups in total.